The molecule has 23 heavy (non-hydrogen) atoms. The molecule has 112 valence electrons. The van der Waals surface area contributed by atoms with Crippen LogP contribution in [0.5, 0.6) is 0 Å². The second-order valence-electron chi connectivity index (χ2n) is 5.32. The van der Waals surface area contributed by atoms with Crippen LogP contribution < -0.4 is 15.9 Å². The molecular weight excluding hydrogens is 381 g/mol. The van der Waals surface area contributed by atoms with E-state index in [0.29, 0.717) is 0 Å². The molecule has 0 aliphatic carbocycles. The Morgan fingerprint density at radius 2 is 0.957 bits per heavy atom. The summed E-state index contributed by atoms with van der Waals surface area (Å²) in [5.74, 6) is 0. The molecule has 0 spiro atoms. The Morgan fingerprint density at radius 1 is 0.652 bits per heavy atom. The molecule has 3 aromatic carbocycles. The van der Waals surface area contributed by atoms with Crippen LogP contribution in [0, 0.1) is 0 Å². The van der Waals surface area contributed by atoms with Crippen molar-refractivity contribution in [1.29, 1.82) is 0 Å². The predicted molar refractivity (Wildman–Crippen MR) is 109 cm³/mol. The molecular formula is C20H18P2Se+2. The third kappa shape index (κ3) is 3.13. The fourth-order valence-corrected chi connectivity index (χ4v) is 10.7. The average Bonchev–Trinajstić information content (AvgIpc) is 2.65. The molecule has 0 aromatic heterocycles. The number of hydrogen-bond acceptors (Lipinski definition) is 0. The quantitative estimate of drug-likeness (QED) is 0.457. The first-order valence-corrected chi connectivity index (χ1v) is 12.4. The molecule has 3 aromatic rings. The van der Waals surface area contributed by atoms with E-state index in [2.05, 4.69) is 113 Å². The van der Waals surface area contributed by atoms with Crippen LogP contribution in [0.3, 0.4) is 0 Å². The molecule has 0 amide bonds. The second-order valence-corrected chi connectivity index (χ2v) is 11.2. The predicted octanol–water partition coefficient (Wildman–Crippen LogP) is 4.16. The zero-order chi connectivity index (χ0) is 16.1. The zero-order valence-corrected chi connectivity index (χ0v) is 16.5. The van der Waals surface area contributed by atoms with Gasteiger partial charge in [0.05, 0.1) is 0 Å². The molecule has 0 saturated heterocycles. The van der Waals surface area contributed by atoms with E-state index in [-0.39, 0.29) is 0 Å². The molecule has 3 rings (SSSR count). The van der Waals surface area contributed by atoms with Gasteiger partial charge in [-0.05, 0) is 0 Å². The van der Waals surface area contributed by atoms with Crippen LogP contribution >= 0.6 is 13.7 Å². The molecule has 0 atom stereocenters. The van der Waals surface area contributed by atoms with Crippen LogP contribution in [-0.4, -0.2) is 20.1 Å². The van der Waals surface area contributed by atoms with E-state index in [1.165, 1.54) is 27.4 Å². The normalized spacial score (nSPS) is 11.0. The van der Waals surface area contributed by atoms with E-state index in [1.807, 2.05) is 0 Å². The molecule has 0 saturated carbocycles. The van der Waals surface area contributed by atoms with Gasteiger partial charge < -0.3 is 0 Å². The summed E-state index contributed by atoms with van der Waals surface area (Å²) in [5.41, 5.74) is 0. The summed E-state index contributed by atoms with van der Waals surface area (Å²) in [4.78, 5) is 0. The first-order valence-electron chi connectivity index (χ1n) is 7.53. The summed E-state index contributed by atoms with van der Waals surface area (Å²) in [5, 5.41) is 5.73. The first kappa shape index (κ1) is 16.8. The third-order valence-electron chi connectivity index (χ3n) is 4.05. The Morgan fingerprint density at radius 3 is 1.22 bits per heavy atom. The van der Waals surface area contributed by atoms with Crippen LogP contribution in [0.25, 0.3) is 0 Å². The van der Waals surface area contributed by atoms with Gasteiger partial charge in [0.25, 0.3) is 0 Å². The topological polar surface area (TPSA) is 0 Å². The van der Waals surface area contributed by atoms with Crippen molar-refractivity contribution in [2.45, 2.75) is 6.92 Å². The van der Waals surface area contributed by atoms with Crippen LogP contribution in [0.2, 0.25) is 0 Å². The number of rotatable bonds is 4. The van der Waals surface area contributed by atoms with Crippen LogP contribution in [0.15, 0.2) is 91.0 Å². The summed E-state index contributed by atoms with van der Waals surface area (Å²) in [6.07, 6.45) is 0. The van der Waals surface area contributed by atoms with Gasteiger partial charge in [0.2, 0.25) is 0 Å². The van der Waals surface area contributed by atoms with Crippen molar-refractivity contribution in [2.24, 2.45) is 0 Å². The van der Waals surface area contributed by atoms with Crippen molar-refractivity contribution in [1.82, 2.24) is 0 Å². The fourth-order valence-electron chi connectivity index (χ4n) is 3.02. The standard InChI is InChI=1S/C20H18P2Se/c1-17(21-23)22(18-11-5-2-6-12-18,19-13-7-3-8-14-19)20-15-9-4-10-16-20/h2-16H,1H3/q+2. The maximum absolute atomic E-state index is 3.22. The van der Waals surface area contributed by atoms with Gasteiger partial charge in [0, 0.05) is 0 Å². The minimum atomic E-state index is -1.77. The van der Waals surface area contributed by atoms with E-state index in [1.54, 1.807) is 0 Å². The SMILES string of the molecule is CC(=[P+]=[Se])[P+](c1ccccc1)(c1ccccc1)c1ccccc1. The molecule has 0 aliphatic heterocycles. The second kappa shape index (κ2) is 7.65. The van der Waals surface area contributed by atoms with Gasteiger partial charge >= 0.3 is 148 Å². The molecule has 0 heterocycles. The summed E-state index contributed by atoms with van der Waals surface area (Å²) in [7, 11) is -1.77. The molecule has 0 unspecified atom stereocenters. The van der Waals surface area contributed by atoms with Crippen molar-refractivity contribution in [3.05, 3.63) is 91.0 Å². The van der Waals surface area contributed by atoms with Crippen molar-refractivity contribution >= 4 is 49.8 Å². The van der Waals surface area contributed by atoms with Gasteiger partial charge in [-0.1, -0.05) is 0 Å². The summed E-state index contributed by atoms with van der Waals surface area (Å²) >= 11 is 3.22. The van der Waals surface area contributed by atoms with Crippen molar-refractivity contribution in [3.8, 4) is 0 Å². The average molecular weight is 399 g/mol. The molecule has 0 nitrogen and oxygen atoms in total. The van der Waals surface area contributed by atoms with Crippen LogP contribution in [0.1, 0.15) is 6.92 Å². The Hall–Kier alpha value is -1.09. The van der Waals surface area contributed by atoms with Gasteiger partial charge in [0.1, 0.15) is 0 Å². The van der Waals surface area contributed by atoms with Gasteiger partial charge in [-0.3, -0.25) is 0 Å². The fraction of sp³-hybridized carbons (Fsp3) is 0.0500. The van der Waals surface area contributed by atoms with Gasteiger partial charge in [-0.25, -0.2) is 0 Å². The van der Waals surface area contributed by atoms with E-state index in [4.69, 9.17) is 0 Å². The van der Waals surface area contributed by atoms with E-state index >= 15 is 0 Å². The Labute approximate surface area is 147 Å². The minimum absolute atomic E-state index is 1.23. The van der Waals surface area contributed by atoms with Gasteiger partial charge in [-0.15, -0.1) is 0 Å². The summed E-state index contributed by atoms with van der Waals surface area (Å²) < 4.78 is 0. The molecule has 0 aliphatic rings. The Bertz CT molecular complexity index is 727. The summed E-state index contributed by atoms with van der Waals surface area (Å²) in [6.45, 7) is 3.52. The van der Waals surface area contributed by atoms with E-state index in [0.717, 1.165) is 0 Å². The van der Waals surface area contributed by atoms with E-state index in [9.17, 15) is 0 Å². The van der Waals surface area contributed by atoms with E-state index < -0.39 is 7.26 Å². The molecule has 0 radical (unpaired) electrons. The Kier molecular flexibility index (Phi) is 5.58. The molecule has 0 N–H and O–H groups in total. The van der Waals surface area contributed by atoms with Gasteiger partial charge in [-0.2, -0.15) is 0 Å². The monoisotopic (exact) mass is 400 g/mol. The molecule has 0 bridgehead atoms. The van der Waals surface area contributed by atoms with Gasteiger partial charge in [0.15, 0.2) is 0 Å². The zero-order valence-electron chi connectivity index (χ0n) is 13.0. The number of hydrogen-bond donors (Lipinski definition) is 0. The van der Waals surface area contributed by atoms with Crippen molar-refractivity contribution in [3.63, 3.8) is 0 Å². The molecule has 0 fully saturated rings. The maximum atomic E-state index is 3.22. The third-order valence-corrected chi connectivity index (χ3v) is 12.3. The molecule has 3 heteroatoms. The van der Waals surface area contributed by atoms with Crippen molar-refractivity contribution < 1.29 is 0 Å². The van der Waals surface area contributed by atoms with Crippen LogP contribution in [-0.2, 0) is 0 Å². The first-order chi connectivity index (χ1) is 11.3. The Balaban J connectivity index is 2.43. The number of benzene rings is 3. The van der Waals surface area contributed by atoms with Crippen molar-refractivity contribution in [2.75, 3.05) is 0 Å². The van der Waals surface area contributed by atoms with Crippen LogP contribution in [0.4, 0.5) is 0 Å². The summed E-state index contributed by atoms with van der Waals surface area (Å²) in [6, 6.07) is 32.9.